The second kappa shape index (κ2) is 7.65. The Kier molecular flexibility index (Phi) is 4.81. The summed E-state index contributed by atoms with van der Waals surface area (Å²) in [5.41, 5.74) is 1.85. The zero-order valence-electron chi connectivity index (χ0n) is 17.1. The molecule has 6 nitrogen and oxygen atoms in total. The van der Waals surface area contributed by atoms with Gasteiger partial charge in [0.25, 0.3) is 5.91 Å². The van der Waals surface area contributed by atoms with Crippen molar-refractivity contribution in [1.82, 2.24) is 10.6 Å². The maximum Gasteiger partial charge on any atom is 0.317 e. The van der Waals surface area contributed by atoms with Crippen LogP contribution in [0.1, 0.15) is 24.0 Å². The first-order valence-electron chi connectivity index (χ1n) is 10.5. The number of likely N-dealkylation sites (N-methyl/N-ethyl adjacent to an activating group) is 1. The molecule has 0 spiro atoms. The van der Waals surface area contributed by atoms with Gasteiger partial charge in [-0.1, -0.05) is 42.5 Å². The fraction of sp³-hybridized carbons (Fsp3) is 0.292. The Hall–Kier alpha value is -3.48. The van der Waals surface area contributed by atoms with Crippen molar-refractivity contribution in [2.75, 3.05) is 11.9 Å². The van der Waals surface area contributed by atoms with Crippen LogP contribution in [0.3, 0.4) is 0 Å². The molecule has 31 heavy (non-hydrogen) atoms. The lowest BCUT2D eigenvalue weighted by Gasteiger charge is -2.23. The van der Waals surface area contributed by atoms with E-state index >= 15 is 0 Å². The predicted molar refractivity (Wildman–Crippen MR) is 116 cm³/mol. The molecule has 1 heterocycles. The largest absolute Gasteiger partial charge is 0.335 e. The molecule has 0 aromatic heterocycles. The van der Waals surface area contributed by atoms with E-state index in [1.165, 1.54) is 11.0 Å². The maximum atomic E-state index is 14.7. The molecule has 2 bridgehead atoms. The number of hydrogen-bond acceptors (Lipinski definition) is 3. The number of aliphatic imine (C=N–C) groups is 1. The fourth-order valence-electron chi connectivity index (χ4n) is 4.77. The van der Waals surface area contributed by atoms with Crippen LogP contribution in [-0.4, -0.2) is 36.9 Å². The number of anilines is 1. The average Bonchev–Trinajstić information content (AvgIpc) is 3.37. The molecule has 1 aliphatic heterocycles. The van der Waals surface area contributed by atoms with Crippen LogP contribution in [0.25, 0.3) is 0 Å². The summed E-state index contributed by atoms with van der Waals surface area (Å²) in [6.45, 7) is 0. The van der Waals surface area contributed by atoms with E-state index < -0.39 is 18.0 Å². The van der Waals surface area contributed by atoms with E-state index in [2.05, 4.69) is 27.8 Å². The van der Waals surface area contributed by atoms with Gasteiger partial charge in [0, 0.05) is 24.2 Å². The third-order valence-corrected chi connectivity index (χ3v) is 6.34. The van der Waals surface area contributed by atoms with Gasteiger partial charge in [-0.3, -0.25) is 4.79 Å². The summed E-state index contributed by atoms with van der Waals surface area (Å²) in [5.74, 6) is 0.0258. The van der Waals surface area contributed by atoms with Crippen LogP contribution in [0.4, 0.5) is 14.9 Å². The maximum absolute atomic E-state index is 14.7. The number of para-hydroxylation sites is 1. The molecular weight excluding hydrogens is 395 g/mol. The Bertz CT molecular complexity index is 1110. The van der Waals surface area contributed by atoms with E-state index in [9.17, 15) is 14.0 Å². The molecule has 3 aliphatic rings. The van der Waals surface area contributed by atoms with Crippen molar-refractivity contribution >= 4 is 23.3 Å². The number of allylic oxidation sites excluding steroid dienone is 1. The number of rotatable bonds is 3. The molecule has 2 N–H and O–H groups in total. The van der Waals surface area contributed by atoms with Gasteiger partial charge in [0.05, 0.1) is 11.4 Å². The number of benzene rings is 2. The van der Waals surface area contributed by atoms with Crippen LogP contribution in [0, 0.1) is 17.7 Å². The van der Waals surface area contributed by atoms with Gasteiger partial charge in [-0.2, -0.15) is 0 Å². The molecule has 3 amide bonds. The number of halogens is 1. The number of urea groups is 1. The molecule has 0 radical (unpaired) electrons. The number of nitrogens with one attached hydrogen (secondary N) is 2. The Morgan fingerprint density at radius 3 is 2.48 bits per heavy atom. The fourth-order valence-corrected chi connectivity index (χ4v) is 4.77. The number of carbonyl (C=O) groups is 2. The summed E-state index contributed by atoms with van der Waals surface area (Å²) in [7, 11) is 1.63. The Labute approximate surface area is 179 Å². The first-order chi connectivity index (χ1) is 15.0. The summed E-state index contributed by atoms with van der Waals surface area (Å²) in [4.78, 5) is 31.9. The molecule has 7 heteroatoms. The lowest BCUT2D eigenvalue weighted by molar-refractivity contribution is -0.119. The van der Waals surface area contributed by atoms with Crippen LogP contribution in [0.15, 0.2) is 65.7 Å². The van der Waals surface area contributed by atoms with Gasteiger partial charge in [0.15, 0.2) is 0 Å². The third-order valence-electron chi connectivity index (χ3n) is 6.34. The average molecular weight is 418 g/mol. The first kappa shape index (κ1) is 19.5. The number of carbonyl (C=O) groups excluding carboxylic acids is 2. The minimum atomic E-state index is -1.17. The first-order valence-corrected chi connectivity index (χ1v) is 10.5. The highest BCUT2D eigenvalue weighted by molar-refractivity contribution is 6.20. The van der Waals surface area contributed by atoms with E-state index in [0.717, 1.165) is 12.8 Å². The Morgan fingerprint density at radius 1 is 1.03 bits per heavy atom. The van der Waals surface area contributed by atoms with Crippen molar-refractivity contribution in [3.8, 4) is 0 Å². The van der Waals surface area contributed by atoms with Gasteiger partial charge in [-0.15, -0.1) is 0 Å². The van der Waals surface area contributed by atoms with E-state index in [0.29, 0.717) is 28.8 Å². The van der Waals surface area contributed by atoms with Crippen LogP contribution >= 0.6 is 0 Å². The molecule has 158 valence electrons. The second-order valence-corrected chi connectivity index (χ2v) is 8.28. The lowest BCUT2D eigenvalue weighted by atomic mass is 10.00. The topological polar surface area (TPSA) is 73.8 Å². The normalized spacial score (nSPS) is 26.3. The summed E-state index contributed by atoms with van der Waals surface area (Å²) >= 11 is 0. The molecule has 2 aliphatic carbocycles. The highest BCUT2D eigenvalue weighted by atomic mass is 19.1. The zero-order chi connectivity index (χ0) is 21.5. The van der Waals surface area contributed by atoms with Crippen LogP contribution < -0.4 is 15.5 Å². The van der Waals surface area contributed by atoms with Crippen LogP contribution in [0.2, 0.25) is 0 Å². The quantitative estimate of drug-likeness (QED) is 0.751. The third kappa shape index (κ3) is 3.50. The number of fused-ring (bicyclic) bond motifs is 3. The molecule has 4 unspecified atom stereocenters. The van der Waals surface area contributed by atoms with E-state index in [1.807, 2.05) is 12.1 Å². The standard InChI is InChI=1S/C24H23FN4O2/c1-29-20-9-5-3-7-17(20)21(16-6-2-4-8-18(16)25)27-22(23(29)30)28-24(31)26-19-13-14-10-11-15(19)12-14/h2-11,14-15,19,22H,12-13H2,1H3,(H2,26,28,31). The lowest BCUT2D eigenvalue weighted by Crippen LogP contribution is -2.52. The smallest absolute Gasteiger partial charge is 0.317 e. The SMILES string of the molecule is CN1C(=O)C(NC(=O)NC2CC3C=CC2C3)N=C(c2ccccc2F)c2ccccc21. The molecule has 2 aromatic carbocycles. The van der Waals surface area contributed by atoms with E-state index in [-0.39, 0.29) is 17.5 Å². The molecule has 4 atom stereocenters. The van der Waals surface area contributed by atoms with E-state index in [4.69, 9.17) is 0 Å². The summed E-state index contributed by atoms with van der Waals surface area (Å²) < 4.78 is 14.7. The van der Waals surface area contributed by atoms with Crippen molar-refractivity contribution < 1.29 is 14.0 Å². The Balaban J connectivity index is 1.47. The molecule has 2 aromatic rings. The Morgan fingerprint density at radius 2 is 1.77 bits per heavy atom. The molecule has 5 rings (SSSR count). The monoisotopic (exact) mass is 418 g/mol. The van der Waals surface area contributed by atoms with Gasteiger partial charge >= 0.3 is 6.03 Å². The number of hydrogen-bond donors (Lipinski definition) is 2. The van der Waals surface area contributed by atoms with Crippen molar-refractivity contribution in [3.05, 3.63) is 77.6 Å². The van der Waals surface area contributed by atoms with Crippen LogP contribution in [-0.2, 0) is 4.79 Å². The van der Waals surface area contributed by atoms with E-state index in [1.54, 1.807) is 37.4 Å². The minimum Gasteiger partial charge on any atom is -0.335 e. The molecule has 1 saturated carbocycles. The molecule has 0 saturated heterocycles. The molecular formula is C24H23FN4O2. The molecule has 1 fully saturated rings. The highest BCUT2D eigenvalue weighted by Gasteiger charge is 2.37. The van der Waals surface area contributed by atoms with Crippen molar-refractivity contribution in [3.63, 3.8) is 0 Å². The minimum absolute atomic E-state index is 0.0563. The summed E-state index contributed by atoms with van der Waals surface area (Å²) in [6.07, 6.45) is 5.14. The van der Waals surface area contributed by atoms with Crippen LogP contribution in [0.5, 0.6) is 0 Å². The van der Waals surface area contributed by atoms with Gasteiger partial charge in [0.1, 0.15) is 5.82 Å². The summed E-state index contributed by atoms with van der Waals surface area (Å²) in [5, 5.41) is 5.69. The van der Waals surface area contributed by atoms with Gasteiger partial charge in [-0.25, -0.2) is 14.2 Å². The number of benzodiazepines with no additional fused rings is 1. The zero-order valence-corrected chi connectivity index (χ0v) is 17.1. The predicted octanol–water partition coefficient (Wildman–Crippen LogP) is 3.23. The van der Waals surface area contributed by atoms with Crippen molar-refractivity contribution in [1.29, 1.82) is 0 Å². The van der Waals surface area contributed by atoms with Crippen molar-refractivity contribution in [2.45, 2.75) is 25.0 Å². The van der Waals surface area contributed by atoms with Gasteiger partial charge in [0.2, 0.25) is 6.17 Å². The second-order valence-electron chi connectivity index (χ2n) is 8.28. The number of amides is 3. The van der Waals surface area contributed by atoms with Gasteiger partial charge in [-0.05, 0) is 42.9 Å². The number of nitrogens with zero attached hydrogens (tertiary/aromatic N) is 2. The highest BCUT2D eigenvalue weighted by Crippen LogP contribution is 2.39. The summed E-state index contributed by atoms with van der Waals surface area (Å²) in [6, 6.07) is 13.1. The van der Waals surface area contributed by atoms with Crippen molar-refractivity contribution in [2.24, 2.45) is 16.8 Å². The van der Waals surface area contributed by atoms with Gasteiger partial charge < -0.3 is 15.5 Å².